The molecule has 110 valence electrons. The second-order valence-electron chi connectivity index (χ2n) is 5.34. The Kier molecular flexibility index (Phi) is 3.37. The van der Waals surface area contributed by atoms with Crippen LogP contribution in [-0.4, -0.2) is 40.0 Å². The number of likely N-dealkylation sites (tertiary alicyclic amines) is 1. The first kappa shape index (κ1) is 13.6. The summed E-state index contributed by atoms with van der Waals surface area (Å²) in [5, 5.41) is 9.70. The number of halogens is 1. The lowest BCUT2D eigenvalue weighted by Gasteiger charge is -2.30. The molecule has 0 saturated carbocycles. The maximum atomic E-state index is 13.2. The summed E-state index contributed by atoms with van der Waals surface area (Å²) in [6, 6.07) is 5.87. The third kappa shape index (κ3) is 2.61. The van der Waals surface area contributed by atoms with Gasteiger partial charge in [0.05, 0.1) is 5.92 Å². The Morgan fingerprint density at radius 1 is 1.33 bits per heavy atom. The minimum Gasteiger partial charge on any atom is -0.481 e. The van der Waals surface area contributed by atoms with Crippen LogP contribution in [0.15, 0.2) is 24.3 Å². The highest BCUT2D eigenvalue weighted by Gasteiger charge is 2.29. The average Bonchev–Trinajstić information content (AvgIpc) is 2.89. The number of aromatic amines is 1. The summed E-state index contributed by atoms with van der Waals surface area (Å²) in [6.45, 7) is 0.768. The number of amides is 1. The molecule has 1 amide bonds. The first-order chi connectivity index (χ1) is 10.0. The molecule has 2 N–H and O–H groups in total. The number of nitrogens with one attached hydrogen (secondary N) is 1. The minimum atomic E-state index is -0.869. The van der Waals surface area contributed by atoms with E-state index in [2.05, 4.69) is 4.98 Å². The van der Waals surface area contributed by atoms with Gasteiger partial charge < -0.3 is 15.0 Å². The van der Waals surface area contributed by atoms with Gasteiger partial charge in [0.2, 0.25) is 0 Å². The van der Waals surface area contributed by atoms with Crippen molar-refractivity contribution in [3.8, 4) is 0 Å². The van der Waals surface area contributed by atoms with Crippen molar-refractivity contribution < 1.29 is 19.1 Å². The van der Waals surface area contributed by atoms with Crippen molar-refractivity contribution in [2.45, 2.75) is 12.8 Å². The van der Waals surface area contributed by atoms with E-state index in [0.29, 0.717) is 36.0 Å². The Morgan fingerprint density at radius 3 is 2.90 bits per heavy atom. The van der Waals surface area contributed by atoms with Crippen molar-refractivity contribution in [1.82, 2.24) is 9.88 Å². The number of fused-ring (bicyclic) bond motifs is 1. The molecule has 2 aromatic rings. The number of piperidine rings is 1. The molecule has 1 fully saturated rings. The fourth-order valence-electron chi connectivity index (χ4n) is 2.75. The van der Waals surface area contributed by atoms with Crippen LogP contribution in [-0.2, 0) is 4.79 Å². The zero-order valence-electron chi connectivity index (χ0n) is 11.3. The number of benzene rings is 1. The zero-order valence-corrected chi connectivity index (χ0v) is 11.3. The largest absolute Gasteiger partial charge is 0.481 e. The lowest BCUT2D eigenvalue weighted by Crippen LogP contribution is -2.42. The van der Waals surface area contributed by atoms with Gasteiger partial charge in [0, 0.05) is 24.0 Å². The first-order valence-electron chi connectivity index (χ1n) is 6.85. The molecule has 0 aliphatic carbocycles. The Labute approximate surface area is 120 Å². The Hall–Kier alpha value is -2.37. The second-order valence-corrected chi connectivity index (χ2v) is 5.34. The molecule has 1 aliphatic rings. The molecule has 2 heterocycles. The SMILES string of the molecule is O=C(O)[C@H]1CCCN(C(=O)c2cc3cc(F)ccc3[nH]2)C1. The maximum absolute atomic E-state index is 13.2. The smallest absolute Gasteiger partial charge is 0.308 e. The second kappa shape index (κ2) is 5.20. The van der Waals surface area contributed by atoms with E-state index in [1.807, 2.05) is 0 Å². The molecule has 0 radical (unpaired) electrons. The predicted octanol–water partition coefficient (Wildman–Crippen LogP) is 2.24. The molecule has 1 atom stereocenters. The summed E-state index contributed by atoms with van der Waals surface area (Å²) in [6.07, 6.45) is 1.27. The normalized spacial score (nSPS) is 18.9. The van der Waals surface area contributed by atoms with Crippen LogP contribution in [0.25, 0.3) is 10.9 Å². The third-order valence-corrected chi connectivity index (χ3v) is 3.87. The molecule has 0 unspecified atom stereocenters. The standard InChI is InChI=1S/C15H15FN2O3/c16-11-3-4-12-10(6-11)7-13(17-12)14(19)18-5-1-2-9(8-18)15(20)21/h3-4,6-7,9,17H,1-2,5,8H2,(H,20,21)/t9-/m0/s1. The predicted molar refractivity (Wildman–Crippen MR) is 74.5 cm³/mol. The lowest BCUT2D eigenvalue weighted by molar-refractivity contribution is -0.143. The highest BCUT2D eigenvalue weighted by molar-refractivity contribution is 5.98. The molecule has 21 heavy (non-hydrogen) atoms. The minimum absolute atomic E-state index is 0.220. The van der Waals surface area contributed by atoms with Crippen LogP contribution in [0.2, 0.25) is 0 Å². The number of carboxylic acid groups (broad SMARTS) is 1. The number of H-pyrrole nitrogens is 1. The number of rotatable bonds is 2. The van der Waals surface area contributed by atoms with E-state index in [-0.39, 0.29) is 18.3 Å². The molecule has 6 heteroatoms. The Morgan fingerprint density at radius 2 is 2.14 bits per heavy atom. The Bertz CT molecular complexity index is 710. The topological polar surface area (TPSA) is 73.4 Å². The van der Waals surface area contributed by atoms with Gasteiger partial charge in [0.25, 0.3) is 5.91 Å². The molecule has 1 aliphatic heterocycles. The molecule has 0 spiro atoms. The third-order valence-electron chi connectivity index (χ3n) is 3.87. The van der Waals surface area contributed by atoms with Crippen LogP contribution >= 0.6 is 0 Å². The van der Waals surface area contributed by atoms with Gasteiger partial charge in [-0.2, -0.15) is 0 Å². The van der Waals surface area contributed by atoms with E-state index >= 15 is 0 Å². The van der Waals surface area contributed by atoms with Gasteiger partial charge in [0.1, 0.15) is 11.5 Å². The number of aromatic nitrogens is 1. The molecule has 1 saturated heterocycles. The van der Waals surface area contributed by atoms with Crippen molar-refractivity contribution in [1.29, 1.82) is 0 Å². The number of carboxylic acids is 1. The highest BCUT2D eigenvalue weighted by Crippen LogP contribution is 2.21. The molecular formula is C15H15FN2O3. The van der Waals surface area contributed by atoms with E-state index < -0.39 is 11.9 Å². The van der Waals surface area contributed by atoms with Crippen molar-refractivity contribution in [2.75, 3.05) is 13.1 Å². The number of aliphatic carboxylic acids is 1. The molecular weight excluding hydrogens is 275 g/mol. The molecule has 1 aromatic heterocycles. The Balaban J connectivity index is 1.84. The van der Waals surface area contributed by atoms with Gasteiger partial charge in [0.15, 0.2) is 0 Å². The monoisotopic (exact) mass is 290 g/mol. The van der Waals surface area contributed by atoms with Gasteiger partial charge in [-0.15, -0.1) is 0 Å². The van der Waals surface area contributed by atoms with E-state index in [0.717, 1.165) is 0 Å². The zero-order chi connectivity index (χ0) is 15.0. The molecule has 0 bridgehead atoms. The van der Waals surface area contributed by atoms with Crippen LogP contribution in [0.4, 0.5) is 4.39 Å². The van der Waals surface area contributed by atoms with Crippen LogP contribution in [0.5, 0.6) is 0 Å². The molecule has 1 aromatic carbocycles. The summed E-state index contributed by atoms with van der Waals surface area (Å²) in [5.74, 6) is -1.97. The maximum Gasteiger partial charge on any atom is 0.308 e. The average molecular weight is 290 g/mol. The van der Waals surface area contributed by atoms with E-state index in [1.54, 1.807) is 17.0 Å². The van der Waals surface area contributed by atoms with Crippen molar-refractivity contribution in [3.05, 3.63) is 35.8 Å². The van der Waals surface area contributed by atoms with Crippen LogP contribution in [0.1, 0.15) is 23.3 Å². The van der Waals surface area contributed by atoms with Gasteiger partial charge in [-0.05, 0) is 37.1 Å². The van der Waals surface area contributed by atoms with Crippen molar-refractivity contribution in [2.24, 2.45) is 5.92 Å². The number of carbonyl (C=O) groups is 2. The molecule has 5 nitrogen and oxygen atoms in total. The number of nitrogens with zero attached hydrogens (tertiary/aromatic N) is 1. The van der Waals surface area contributed by atoms with Crippen LogP contribution in [0.3, 0.4) is 0 Å². The lowest BCUT2D eigenvalue weighted by atomic mass is 9.98. The van der Waals surface area contributed by atoms with Gasteiger partial charge in [-0.1, -0.05) is 0 Å². The summed E-state index contributed by atoms with van der Waals surface area (Å²) >= 11 is 0. The van der Waals surface area contributed by atoms with Crippen molar-refractivity contribution >= 4 is 22.8 Å². The highest BCUT2D eigenvalue weighted by atomic mass is 19.1. The van der Waals surface area contributed by atoms with Crippen LogP contribution < -0.4 is 0 Å². The van der Waals surface area contributed by atoms with Crippen molar-refractivity contribution in [3.63, 3.8) is 0 Å². The summed E-state index contributed by atoms with van der Waals surface area (Å²) in [5.41, 5.74) is 1.05. The first-order valence-corrected chi connectivity index (χ1v) is 6.85. The number of carbonyl (C=O) groups excluding carboxylic acids is 1. The van der Waals surface area contributed by atoms with Gasteiger partial charge >= 0.3 is 5.97 Å². The summed E-state index contributed by atoms with van der Waals surface area (Å²) < 4.78 is 13.2. The van der Waals surface area contributed by atoms with Crippen LogP contribution in [0, 0.1) is 11.7 Å². The van der Waals surface area contributed by atoms with Gasteiger partial charge in [-0.25, -0.2) is 4.39 Å². The van der Waals surface area contributed by atoms with E-state index in [4.69, 9.17) is 5.11 Å². The van der Waals surface area contributed by atoms with E-state index in [1.165, 1.54) is 12.1 Å². The number of hydrogen-bond donors (Lipinski definition) is 2. The quantitative estimate of drug-likeness (QED) is 0.891. The van der Waals surface area contributed by atoms with E-state index in [9.17, 15) is 14.0 Å². The fraction of sp³-hybridized carbons (Fsp3) is 0.333. The van der Waals surface area contributed by atoms with Gasteiger partial charge in [-0.3, -0.25) is 9.59 Å². The summed E-state index contributed by atoms with van der Waals surface area (Å²) in [7, 11) is 0. The summed E-state index contributed by atoms with van der Waals surface area (Å²) in [4.78, 5) is 28.0. The molecule has 3 rings (SSSR count). The number of hydrogen-bond acceptors (Lipinski definition) is 2. The fourth-order valence-corrected chi connectivity index (χ4v) is 2.75.